The maximum atomic E-state index is 12.0. The molecule has 0 aliphatic carbocycles. The van der Waals surface area contributed by atoms with E-state index >= 15 is 0 Å². The number of nitrogens with two attached hydrogens (primary N) is 2. The Kier molecular flexibility index (Phi) is 7.62. The van der Waals surface area contributed by atoms with E-state index in [1.54, 1.807) is 40.1 Å². The molecule has 0 unspecified atom stereocenters. The number of hydrogen-bond donors (Lipinski definition) is 2. The van der Waals surface area contributed by atoms with Gasteiger partial charge in [-0.15, -0.1) is 30.7 Å². The van der Waals surface area contributed by atoms with Gasteiger partial charge in [0.25, 0.3) is 0 Å². The van der Waals surface area contributed by atoms with Gasteiger partial charge in [-0.3, -0.25) is 0 Å². The zero-order chi connectivity index (χ0) is 31.7. The first-order valence-corrected chi connectivity index (χ1v) is 12.6. The molecule has 0 spiro atoms. The summed E-state index contributed by atoms with van der Waals surface area (Å²) in [4.78, 5) is 24.0. The Bertz CT molecular complexity index is 1800. The molecule has 226 valence electrons. The van der Waals surface area contributed by atoms with E-state index in [-0.39, 0.29) is 57.4 Å². The number of esters is 2. The van der Waals surface area contributed by atoms with Gasteiger partial charge in [-0.1, -0.05) is 0 Å². The van der Waals surface area contributed by atoms with Gasteiger partial charge in [-0.25, -0.2) is 19.0 Å². The SMILES string of the molecule is COC(=O)c1cnn(C)c1/N=N/c1c(C)nn(-c2ccc(-n3nc(C)c(/N=N/c4c(C(=O)OC)cnn4C)c3N)nn2)c1N. The number of methoxy groups -OCH3 is 2. The fourth-order valence-corrected chi connectivity index (χ4v) is 4.02. The highest BCUT2D eigenvalue weighted by molar-refractivity contribution is 5.94. The second kappa shape index (κ2) is 11.5. The topological polar surface area (TPSA) is 251 Å². The molecule has 20 heteroatoms. The van der Waals surface area contributed by atoms with Crippen LogP contribution in [0.2, 0.25) is 0 Å². The molecule has 5 aromatic rings. The Morgan fingerprint density at radius 3 is 1.43 bits per heavy atom. The van der Waals surface area contributed by atoms with Crippen LogP contribution in [0.15, 0.2) is 45.0 Å². The summed E-state index contributed by atoms with van der Waals surface area (Å²) >= 11 is 0. The van der Waals surface area contributed by atoms with Crippen molar-refractivity contribution in [3.05, 3.63) is 47.0 Å². The van der Waals surface area contributed by atoms with Crippen molar-refractivity contribution in [2.75, 3.05) is 25.7 Å². The van der Waals surface area contributed by atoms with E-state index in [1.807, 2.05) is 0 Å². The third-order valence-corrected chi connectivity index (χ3v) is 6.31. The summed E-state index contributed by atoms with van der Waals surface area (Å²) in [6, 6.07) is 3.22. The Morgan fingerprint density at radius 2 is 1.09 bits per heavy atom. The molecule has 44 heavy (non-hydrogen) atoms. The minimum Gasteiger partial charge on any atom is -0.465 e. The van der Waals surface area contributed by atoms with Gasteiger partial charge in [-0.05, 0) is 26.0 Å². The molecule has 0 aliphatic heterocycles. The molecule has 0 saturated carbocycles. The monoisotopic (exact) mass is 602 g/mol. The molecule has 20 nitrogen and oxygen atoms in total. The Hall–Kier alpha value is -6.34. The van der Waals surface area contributed by atoms with Crippen molar-refractivity contribution in [1.29, 1.82) is 0 Å². The summed E-state index contributed by atoms with van der Waals surface area (Å²) in [7, 11) is 5.74. The smallest absolute Gasteiger partial charge is 0.343 e. The molecule has 0 radical (unpaired) electrons. The summed E-state index contributed by atoms with van der Waals surface area (Å²) in [5, 5.41) is 42.0. The third-order valence-electron chi connectivity index (χ3n) is 6.31. The quantitative estimate of drug-likeness (QED) is 0.192. The van der Waals surface area contributed by atoms with Crippen LogP contribution < -0.4 is 11.5 Å². The predicted octanol–water partition coefficient (Wildman–Crippen LogP) is 2.50. The van der Waals surface area contributed by atoms with Crippen LogP contribution in [0.4, 0.5) is 34.6 Å². The number of carbonyl (C=O) groups is 2. The number of aromatic nitrogens is 10. The van der Waals surface area contributed by atoms with Gasteiger partial charge in [-0.2, -0.15) is 29.8 Å². The van der Waals surface area contributed by atoms with E-state index in [1.165, 1.54) is 45.3 Å². The number of nitrogen functional groups attached to an aromatic ring is 2. The van der Waals surface area contributed by atoms with E-state index < -0.39 is 11.9 Å². The fraction of sp³-hybridized carbons (Fsp3) is 0.250. The molecule has 5 rings (SSSR count). The van der Waals surface area contributed by atoms with E-state index in [4.69, 9.17) is 20.9 Å². The maximum Gasteiger partial charge on any atom is 0.343 e. The van der Waals surface area contributed by atoms with Crippen molar-refractivity contribution in [3.63, 3.8) is 0 Å². The summed E-state index contributed by atoms with van der Waals surface area (Å²) in [5.41, 5.74) is 14.4. The van der Waals surface area contributed by atoms with Crippen molar-refractivity contribution in [3.8, 4) is 11.6 Å². The first-order valence-electron chi connectivity index (χ1n) is 12.6. The van der Waals surface area contributed by atoms with Crippen LogP contribution in [0, 0.1) is 13.8 Å². The molecule has 5 aromatic heterocycles. The summed E-state index contributed by atoms with van der Waals surface area (Å²) < 4.78 is 15.0. The third kappa shape index (κ3) is 5.10. The lowest BCUT2D eigenvalue weighted by molar-refractivity contribution is 0.0592. The zero-order valence-corrected chi connectivity index (χ0v) is 24.4. The minimum atomic E-state index is -0.605. The van der Waals surface area contributed by atoms with Gasteiger partial charge >= 0.3 is 11.9 Å². The molecule has 0 aromatic carbocycles. The average Bonchev–Trinajstić information content (AvgIpc) is 3.74. The highest BCUT2D eigenvalue weighted by Gasteiger charge is 2.21. The van der Waals surface area contributed by atoms with Crippen molar-refractivity contribution < 1.29 is 19.1 Å². The normalized spacial score (nSPS) is 11.6. The largest absolute Gasteiger partial charge is 0.465 e. The van der Waals surface area contributed by atoms with Crippen LogP contribution in [-0.2, 0) is 23.6 Å². The van der Waals surface area contributed by atoms with Crippen molar-refractivity contribution >= 4 is 46.6 Å². The Labute approximate surface area is 248 Å². The molecule has 0 amide bonds. The van der Waals surface area contributed by atoms with Gasteiger partial charge in [0.2, 0.25) is 0 Å². The second-order valence-corrected chi connectivity index (χ2v) is 9.11. The van der Waals surface area contributed by atoms with E-state index in [2.05, 4.69) is 51.0 Å². The minimum absolute atomic E-state index is 0.133. The number of ether oxygens (including phenoxy) is 2. The Morgan fingerprint density at radius 1 is 0.705 bits per heavy atom. The molecular formula is C24H26N16O4. The molecule has 0 atom stereocenters. The molecule has 4 N–H and O–H groups in total. The standard InChI is InChI=1S/C24H26N16O4/c1-11-17(31-33-21-13(23(41)43-5)9-27-37(21)3)19(25)39(35-11)15-7-8-16(30-29-15)40-20(26)18(12(2)36-40)32-34-22-14(24(42)44-6)10-28-38(22)4/h7-10H,25-26H2,1-6H3/b33-31+,34-32+. The van der Waals surface area contributed by atoms with Crippen molar-refractivity contribution in [1.82, 2.24) is 49.3 Å². The number of azo groups is 2. The molecular weight excluding hydrogens is 576 g/mol. The lowest BCUT2D eigenvalue weighted by Crippen LogP contribution is -2.09. The van der Waals surface area contributed by atoms with Crippen LogP contribution in [0.5, 0.6) is 0 Å². The maximum absolute atomic E-state index is 12.0. The summed E-state index contributed by atoms with van der Waals surface area (Å²) in [6.45, 7) is 3.38. The van der Waals surface area contributed by atoms with Gasteiger partial charge < -0.3 is 20.9 Å². The van der Waals surface area contributed by atoms with Gasteiger partial charge in [0.15, 0.2) is 46.3 Å². The van der Waals surface area contributed by atoms with Crippen LogP contribution in [-0.4, -0.2) is 75.5 Å². The van der Waals surface area contributed by atoms with Gasteiger partial charge in [0.1, 0.15) is 11.1 Å². The fourth-order valence-electron chi connectivity index (χ4n) is 4.02. The number of hydrogen-bond acceptors (Lipinski definition) is 16. The average molecular weight is 603 g/mol. The molecule has 5 heterocycles. The van der Waals surface area contributed by atoms with Crippen LogP contribution in [0.1, 0.15) is 32.1 Å². The number of anilines is 2. The lowest BCUT2D eigenvalue weighted by Gasteiger charge is -2.05. The van der Waals surface area contributed by atoms with Crippen LogP contribution >= 0.6 is 0 Å². The molecule has 0 fully saturated rings. The first-order chi connectivity index (χ1) is 21.0. The van der Waals surface area contributed by atoms with Gasteiger partial charge in [0, 0.05) is 14.1 Å². The summed E-state index contributed by atoms with van der Waals surface area (Å²) in [5.74, 6) is -0.0202. The van der Waals surface area contributed by atoms with E-state index in [0.717, 1.165) is 0 Å². The van der Waals surface area contributed by atoms with Crippen LogP contribution in [0.3, 0.4) is 0 Å². The molecule has 0 aliphatic rings. The van der Waals surface area contributed by atoms with E-state index in [9.17, 15) is 9.59 Å². The van der Waals surface area contributed by atoms with Crippen LogP contribution in [0.25, 0.3) is 11.6 Å². The second-order valence-electron chi connectivity index (χ2n) is 9.11. The number of carbonyl (C=O) groups excluding carboxylic acids is 2. The number of rotatable bonds is 8. The first kappa shape index (κ1) is 29.2. The zero-order valence-electron chi connectivity index (χ0n) is 24.4. The summed E-state index contributed by atoms with van der Waals surface area (Å²) in [6.07, 6.45) is 2.66. The lowest BCUT2D eigenvalue weighted by atomic mass is 10.3. The highest BCUT2D eigenvalue weighted by Crippen LogP contribution is 2.33. The number of nitrogens with zero attached hydrogens (tertiary/aromatic N) is 14. The predicted molar refractivity (Wildman–Crippen MR) is 152 cm³/mol. The van der Waals surface area contributed by atoms with Crippen molar-refractivity contribution in [2.24, 2.45) is 34.6 Å². The van der Waals surface area contributed by atoms with Crippen molar-refractivity contribution in [2.45, 2.75) is 13.8 Å². The number of aryl methyl sites for hydroxylation is 4. The van der Waals surface area contributed by atoms with E-state index in [0.29, 0.717) is 11.4 Å². The Balaban J connectivity index is 1.41. The molecule has 0 bridgehead atoms. The van der Waals surface area contributed by atoms with Gasteiger partial charge in [0.05, 0.1) is 38.0 Å². The highest BCUT2D eigenvalue weighted by atomic mass is 16.5. The molecule has 0 saturated heterocycles.